The molecule has 0 saturated heterocycles. The molecule has 5 heteroatoms. The number of benzene rings is 2. The molecule has 0 spiro atoms. The van der Waals surface area contributed by atoms with Gasteiger partial charge in [0.25, 0.3) is 0 Å². The van der Waals surface area contributed by atoms with Gasteiger partial charge in [0.15, 0.2) is 11.5 Å². The first-order chi connectivity index (χ1) is 14.7. The maximum atomic E-state index is 5.60. The SMILES string of the molecule is COc1ccc(C2(c3ccccc3)C=Cc3c(-c4cccs4)n[nH]c3C2)cc1OC. The van der Waals surface area contributed by atoms with Crippen molar-refractivity contribution in [1.29, 1.82) is 0 Å². The number of ether oxygens (including phenoxy) is 2. The van der Waals surface area contributed by atoms with Gasteiger partial charge in [-0.1, -0.05) is 54.6 Å². The standard InChI is InChI=1S/C25H22N2O2S/c1-28-21-11-10-18(15-22(21)29-2)25(17-7-4-3-5-8-17)13-12-19-20(16-25)26-27-24(19)23-9-6-14-30-23/h3-15H,16H2,1-2H3,(H,26,27). The molecule has 2 aromatic carbocycles. The fraction of sp³-hybridized carbons (Fsp3) is 0.160. The van der Waals surface area contributed by atoms with Crippen LogP contribution < -0.4 is 9.47 Å². The molecule has 1 N–H and O–H groups in total. The highest BCUT2D eigenvalue weighted by Gasteiger charge is 2.37. The summed E-state index contributed by atoms with van der Waals surface area (Å²) < 4.78 is 11.1. The van der Waals surface area contributed by atoms with E-state index in [1.807, 2.05) is 6.07 Å². The zero-order valence-electron chi connectivity index (χ0n) is 16.9. The molecule has 0 bridgehead atoms. The van der Waals surface area contributed by atoms with Crippen LogP contribution in [0.15, 0.2) is 72.1 Å². The quantitative estimate of drug-likeness (QED) is 0.455. The highest BCUT2D eigenvalue weighted by Crippen LogP contribution is 2.45. The molecule has 0 aliphatic heterocycles. The number of hydrogen-bond donors (Lipinski definition) is 1. The first-order valence-electron chi connectivity index (χ1n) is 9.83. The number of aromatic nitrogens is 2. The van der Waals surface area contributed by atoms with E-state index in [2.05, 4.69) is 82.3 Å². The second kappa shape index (κ2) is 7.50. The number of nitrogens with one attached hydrogen (secondary N) is 1. The van der Waals surface area contributed by atoms with Gasteiger partial charge in [0.2, 0.25) is 0 Å². The molecule has 4 nitrogen and oxygen atoms in total. The summed E-state index contributed by atoms with van der Waals surface area (Å²) in [5.41, 5.74) is 5.38. The Labute approximate surface area is 179 Å². The average molecular weight is 415 g/mol. The highest BCUT2D eigenvalue weighted by atomic mass is 32.1. The van der Waals surface area contributed by atoms with Gasteiger partial charge >= 0.3 is 0 Å². The zero-order valence-corrected chi connectivity index (χ0v) is 17.7. The molecule has 2 aromatic heterocycles. The number of thiophene rings is 1. The summed E-state index contributed by atoms with van der Waals surface area (Å²) in [4.78, 5) is 1.18. The maximum absolute atomic E-state index is 5.60. The van der Waals surface area contributed by atoms with Gasteiger partial charge in [0.05, 0.1) is 19.1 Å². The number of allylic oxidation sites excluding steroid dienone is 1. The Hall–Kier alpha value is -3.31. The summed E-state index contributed by atoms with van der Waals surface area (Å²) in [7, 11) is 3.34. The van der Waals surface area contributed by atoms with E-state index < -0.39 is 0 Å². The Morgan fingerprint density at radius 3 is 2.50 bits per heavy atom. The van der Waals surface area contributed by atoms with Crippen molar-refractivity contribution < 1.29 is 9.47 Å². The zero-order chi connectivity index (χ0) is 20.6. The molecule has 1 aliphatic carbocycles. The second-order valence-electron chi connectivity index (χ2n) is 7.36. The molecule has 5 rings (SSSR count). The van der Waals surface area contributed by atoms with Crippen molar-refractivity contribution in [1.82, 2.24) is 10.2 Å². The molecule has 30 heavy (non-hydrogen) atoms. The smallest absolute Gasteiger partial charge is 0.161 e. The third-order valence-corrected chi connectivity index (χ3v) is 6.69. The van der Waals surface area contributed by atoms with Gasteiger partial charge in [0, 0.05) is 23.1 Å². The van der Waals surface area contributed by atoms with Gasteiger partial charge in [-0.2, -0.15) is 5.10 Å². The van der Waals surface area contributed by atoms with Gasteiger partial charge in [0.1, 0.15) is 5.69 Å². The lowest BCUT2D eigenvalue weighted by molar-refractivity contribution is 0.354. The van der Waals surface area contributed by atoms with Crippen molar-refractivity contribution >= 4 is 17.4 Å². The van der Waals surface area contributed by atoms with Gasteiger partial charge in [-0.25, -0.2) is 0 Å². The van der Waals surface area contributed by atoms with Gasteiger partial charge in [-0.3, -0.25) is 5.10 Å². The number of methoxy groups -OCH3 is 2. The third-order valence-electron chi connectivity index (χ3n) is 5.82. The van der Waals surface area contributed by atoms with E-state index in [1.54, 1.807) is 25.6 Å². The molecular formula is C25H22N2O2S. The Morgan fingerprint density at radius 2 is 1.77 bits per heavy atom. The normalized spacial score (nSPS) is 17.5. The summed E-state index contributed by atoms with van der Waals surface area (Å²) in [5, 5.41) is 10.0. The molecular weight excluding hydrogens is 392 g/mol. The van der Waals surface area contributed by atoms with Gasteiger partial charge in [-0.15, -0.1) is 11.3 Å². The van der Waals surface area contributed by atoms with Crippen LogP contribution in [0, 0.1) is 0 Å². The molecule has 1 atom stereocenters. The van der Waals surface area contributed by atoms with Crippen LogP contribution in [0.2, 0.25) is 0 Å². The van der Waals surface area contributed by atoms with Crippen LogP contribution in [0.5, 0.6) is 11.5 Å². The van der Waals surface area contributed by atoms with Crippen LogP contribution in [-0.2, 0) is 11.8 Å². The molecule has 2 heterocycles. The van der Waals surface area contributed by atoms with E-state index in [4.69, 9.17) is 9.47 Å². The van der Waals surface area contributed by atoms with E-state index in [-0.39, 0.29) is 5.41 Å². The first kappa shape index (κ1) is 18.7. The lowest BCUT2D eigenvalue weighted by Gasteiger charge is -2.35. The van der Waals surface area contributed by atoms with E-state index in [9.17, 15) is 0 Å². The number of fused-ring (bicyclic) bond motifs is 1. The first-order valence-corrected chi connectivity index (χ1v) is 10.7. The molecule has 4 aromatic rings. The van der Waals surface area contributed by atoms with Crippen LogP contribution in [0.25, 0.3) is 16.6 Å². The number of hydrogen-bond acceptors (Lipinski definition) is 4. The fourth-order valence-corrected chi connectivity index (χ4v) is 5.01. The Balaban J connectivity index is 1.67. The molecule has 0 fully saturated rings. The summed E-state index contributed by atoms with van der Waals surface area (Å²) in [6.45, 7) is 0. The van der Waals surface area contributed by atoms with E-state index in [0.717, 1.165) is 34.9 Å². The lowest BCUT2D eigenvalue weighted by atomic mass is 9.68. The van der Waals surface area contributed by atoms with Crippen molar-refractivity contribution in [2.24, 2.45) is 0 Å². The van der Waals surface area contributed by atoms with Crippen LogP contribution in [-0.4, -0.2) is 24.4 Å². The molecule has 0 amide bonds. The second-order valence-corrected chi connectivity index (χ2v) is 8.31. The number of rotatable bonds is 5. The van der Waals surface area contributed by atoms with Gasteiger partial charge < -0.3 is 9.47 Å². The topological polar surface area (TPSA) is 47.1 Å². The van der Waals surface area contributed by atoms with E-state index >= 15 is 0 Å². The Kier molecular flexibility index (Phi) is 4.68. The highest BCUT2D eigenvalue weighted by molar-refractivity contribution is 7.13. The lowest BCUT2D eigenvalue weighted by Crippen LogP contribution is -2.30. The number of aromatic amines is 1. The van der Waals surface area contributed by atoms with Crippen molar-refractivity contribution in [2.75, 3.05) is 14.2 Å². The summed E-state index contributed by atoms with van der Waals surface area (Å²) in [6, 6.07) is 21.0. The molecule has 0 saturated carbocycles. The van der Waals surface area contributed by atoms with Crippen molar-refractivity contribution in [3.05, 3.63) is 94.5 Å². The third kappa shape index (κ3) is 2.94. The van der Waals surface area contributed by atoms with Gasteiger partial charge in [-0.05, 0) is 34.7 Å². The monoisotopic (exact) mass is 414 g/mol. The molecule has 150 valence electrons. The average Bonchev–Trinajstić information content (AvgIpc) is 3.48. The van der Waals surface area contributed by atoms with Crippen molar-refractivity contribution in [3.8, 4) is 22.1 Å². The predicted molar refractivity (Wildman–Crippen MR) is 121 cm³/mol. The van der Waals surface area contributed by atoms with Crippen molar-refractivity contribution in [3.63, 3.8) is 0 Å². The minimum absolute atomic E-state index is 0.326. The number of H-pyrrole nitrogens is 1. The summed E-state index contributed by atoms with van der Waals surface area (Å²) in [6.07, 6.45) is 5.30. The minimum Gasteiger partial charge on any atom is -0.493 e. The largest absolute Gasteiger partial charge is 0.493 e. The predicted octanol–water partition coefficient (Wildman–Crippen LogP) is 5.71. The Morgan fingerprint density at radius 1 is 0.933 bits per heavy atom. The summed E-state index contributed by atoms with van der Waals surface area (Å²) >= 11 is 1.71. The fourth-order valence-electron chi connectivity index (χ4n) is 4.28. The van der Waals surface area contributed by atoms with E-state index in [0.29, 0.717) is 0 Å². The maximum Gasteiger partial charge on any atom is 0.161 e. The van der Waals surface area contributed by atoms with Crippen LogP contribution >= 0.6 is 11.3 Å². The molecule has 1 unspecified atom stereocenters. The minimum atomic E-state index is -0.326. The molecule has 1 aliphatic rings. The van der Waals surface area contributed by atoms with Crippen LogP contribution in [0.1, 0.15) is 22.4 Å². The van der Waals surface area contributed by atoms with E-state index in [1.165, 1.54) is 16.0 Å². The van der Waals surface area contributed by atoms with Crippen LogP contribution in [0.4, 0.5) is 0 Å². The summed E-state index contributed by atoms with van der Waals surface area (Å²) in [5.74, 6) is 1.46. The molecule has 0 radical (unpaired) electrons. The number of nitrogens with zero attached hydrogens (tertiary/aromatic N) is 1. The Bertz CT molecular complexity index is 1200. The van der Waals surface area contributed by atoms with Crippen LogP contribution in [0.3, 0.4) is 0 Å². The van der Waals surface area contributed by atoms with Crippen molar-refractivity contribution in [2.45, 2.75) is 11.8 Å².